The van der Waals surface area contributed by atoms with Crippen molar-refractivity contribution >= 4 is 0 Å². The molecule has 0 unspecified atom stereocenters. The van der Waals surface area contributed by atoms with Gasteiger partial charge in [0, 0.05) is 13.0 Å². The number of halogens is 2. The van der Waals surface area contributed by atoms with Crippen molar-refractivity contribution in [3.63, 3.8) is 0 Å². The van der Waals surface area contributed by atoms with E-state index in [4.69, 9.17) is 5.11 Å². The first-order valence-electron chi connectivity index (χ1n) is 4.58. The molecular weight excluding hydrogens is 186 g/mol. The van der Waals surface area contributed by atoms with Crippen LogP contribution in [0, 0.1) is 0 Å². The maximum atomic E-state index is 12.7. The lowest BCUT2D eigenvalue weighted by molar-refractivity contribution is 0.0226. The van der Waals surface area contributed by atoms with Crippen LogP contribution in [0.15, 0.2) is 24.3 Å². The van der Waals surface area contributed by atoms with Crippen molar-refractivity contribution in [2.75, 3.05) is 6.61 Å². The zero-order valence-electron chi connectivity index (χ0n) is 8.13. The van der Waals surface area contributed by atoms with Crippen molar-refractivity contribution in [2.24, 2.45) is 0 Å². The molecule has 1 rings (SSSR count). The van der Waals surface area contributed by atoms with Gasteiger partial charge in [0.1, 0.15) is 0 Å². The Morgan fingerprint density at radius 1 is 1.29 bits per heavy atom. The van der Waals surface area contributed by atoms with Crippen LogP contribution >= 0.6 is 0 Å². The Bertz CT molecular complexity index is 292. The molecule has 1 N–H and O–H groups in total. The molecule has 0 fully saturated rings. The minimum atomic E-state index is -2.67. The van der Waals surface area contributed by atoms with Gasteiger partial charge in [0.25, 0.3) is 0 Å². The lowest BCUT2D eigenvalue weighted by Crippen LogP contribution is -2.13. The lowest BCUT2D eigenvalue weighted by atomic mass is 10.0. The molecule has 14 heavy (non-hydrogen) atoms. The van der Waals surface area contributed by atoms with Crippen molar-refractivity contribution in [1.82, 2.24) is 0 Å². The average Bonchev–Trinajstić information content (AvgIpc) is 2.02. The van der Waals surface area contributed by atoms with Gasteiger partial charge < -0.3 is 5.11 Å². The fourth-order valence-electron chi connectivity index (χ4n) is 1.38. The maximum Gasteiger partial charge on any atom is 0.249 e. The van der Waals surface area contributed by atoms with Gasteiger partial charge in [0.05, 0.1) is 0 Å². The molecule has 0 radical (unpaired) electrons. The summed E-state index contributed by atoms with van der Waals surface area (Å²) in [6.07, 6.45) is 0.273. The van der Waals surface area contributed by atoms with Gasteiger partial charge in [-0.2, -0.15) is 0 Å². The predicted octanol–water partition coefficient (Wildman–Crippen LogP) is 2.42. The zero-order chi connectivity index (χ0) is 10.6. The predicted molar refractivity (Wildman–Crippen MR) is 51.6 cm³/mol. The normalized spacial score (nSPS) is 11.7. The third-order valence-corrected chi connectivity index (χ3v) is 1.91. The summed E-state index contributed by atoms with van der Waals surface area (Å²) in [5, 5.41) is 8.70. The standard InChI is InChI=1S/C11H14F2O/c1-11(12,13)8-10-4-2-3-9(7-10)5-6-14/h2-4,7,14H,5-6,8H2,1H3. The van der Waals surface area contributed by atoms with Crippen LogP contribution in [0.4, 0.5) is 8.78 Å². The Morgan fingerprint density at radius 2 is 1.93 bits per heavy atom. The van der Waals surface area contributed by atoms with Gasteiger partial charge in [-0.25, -0.2) is 8.78 Å². The fourth-order valence-corrected chi connectivity index (χ4v) is 1.38. The first kappa shape index (κ1) is 11.1. The van der Waals surface area contributed by atoms with Gasteiger partial charge in [-0.1, -0.05) is 24.3 Å². The Kier molecular flexibility index (Phi) is 3.58. The third-order valence-electron chi connectivity index (χ3n) is 1.91. The minimum Gasteiger partial charge on any atom is -0.396 e. The Balaban J connectivity index is 2.73. The van der Waals surface area contributed by atoms with E-state index in [2.05, 4.69) is 0 Å². The molecule has 1 aromatic rings. The molecule has 0 aliphatic heterocycles. The molecular formula is C11H14F2O. The molecule has 1 nitrogen and oxygen atoms in total. The van der Waals surface area contributed by atoms with Crippen LogP contribution in [0.3, 0.4) is 0 Å². The quantitative estimate of drug-likeness (QED) is 0.791. The first-order valence-corrected chi connectivity index (χ1v) is 4.58. The highest BCUT2D eigenvalue weighted by Gasteiger charge is 2.21. The fraction of sp³-hybridized carbons (Fsp3) is 0.455. The number of benzene rings is 1. The Morgan fingerprint density at radius 3 is 2.50 bits per heavy atom. The summed E-state index contributed by atoms with van der Waals surface area (Å²) in [6.45, 7) is 0.956. The molecule has 0 saturated heterocycles. The van der Waals surface area contributed by atoms with Crippen LogP contribution in [-0.2, 0) is 12.8 Å². The summed E-state index contributed by atoms with van der Waals surface area (Å²) < 4.78 is 25.4. The average molecular weight is 200 g/mol. The van der Waals surface area contributed by atoms with Crippen molar-refractivity contribution in [1.29, 1.82) is 0 Å². The molecule has 0 bridgehead atoms. The van der Waals surface area contributed by atoms with Gasteiger partial charge in [-0.05, 0) is 24.5 Å². The summed E-state index contributed by atoms with van der Waals surface area (Å²) in [5.41, 5.74) is 1.51. The second-order valence-electron chi connectivity index (χ2n) is 3.54. The maximum absolute atomic E-state index is 12.7. The van der Waals surface area contributed by atoms with Gasteiger partial charge >= 0.3 is 0 Å². The van der Waals surface area contributed by atoms with E-state index >= 15 is 0 Å². The van der Waals surface area contributed by atoms with Crippen LogP contribution in [0.2, 0.25) is 0 Å². The van der Waals surface area contributed by atoms with Crippen molar-refractivity contribution < 1.29 is 13.9 Å². The van der Waals surface area contributed by atoms with Gasteiger partial charge in [-0.15, -0.1) is 0 Å². The van der Waals surface area contributed by atoms with Gasteiger partial charge in [-0.3, -0.25) is 0 Å². The second kappa shape index (κ2) is 4.51. The SMILES string of the molecule is CC(F)(F)Cc1cccc(CCO)c1. The molecule has 0 aliphatic carbocycles. The number of alkyl halides is 2. The molecule has 0 amide bonds. The van der Waals surface area contributed by atoms with E-state index < -0.39 is 5.92 Å². The molecule has 0 spiro atoms. The van der Waals surface area contributed by atoms with E-state index in [1.807, 2.05) is 6.07 Å². The van der Waals surface area contributed by atoms with E-state index in [1.165, 1.54) is 0 Å². The molecule has 78 valence electrons. The summed E-state index contributed by atoms with van der Waals surface area (Å²) >= 11 is 0. The molecule has 0 saturated carbocycles. The molecule has 0 aromatic heterocycles. The molecule has 0 heterocycles. The van der Waals surface area contributed by atoms with E-state index in [1.54, 1.807) is 18.2 Å². The Hall–Kier alpha value is -0.960. The monoisotopic (exact) mass is 200 g/mol. The number of rotatable bonds is 4. The number of aliphatic hydroxyl groups is 1. The van der Waals surface area contributed by atoms with E-state index in [-0.39, 0.29) is 13.0 Å². The van der Waals surface area contributed by atoms with E-state index in [0.717, 1.165) is 12.5 Å². The smallest absolute Gasteiger partial charge is 0.249 e. The minimum absolute atomic E-state index is 0.0476. The van der Waals surface area contributed by atoms with Crippen molar-refractivity contribution in [2.45, 2.75) is 25.7 Å². The van der Waals surface area contributed by atoms with Crippen LogP contribution in [-0.4, -0.2) is 17.6 Å². The highest BCUT2D eigenvalue weighted by molar-refractivity contribution is 5.24. The highest BCUT2D eigenvalue weighted by atomic mass is 19.3. The van der Waals surface area contributed by atoms with Crippen molar-refractivity contribution in [3.05, 3.63) is 35.4 Å². The molecule has 0 aliphatic rings. The molecule has 1 aromatic carbocycles. The summed E-state index contributed by atoms with van der Waals surface area (Å²) in [7, 11) is 0. The van der Waals surface area contributed by atoms with E-state index in [9.17, 15) is 8.78 Å². The largest absolute Gasteiger partial charge is 0.396 e. The number of hydrogen-bond acceptors (Lipinski definition) is 1. The van der Waals surface area contributed by atoms with Crippen LogP contribution in [0.5, 0.6) is 0 Å². The van der Waals surface area contributed by atoms with Crippen LogP contribution in [0.1, 0.15) is 18.1 Å². The van der Waals surface area contributed by atoms with Crippen LogP contribution in [0.25, 0.3) is 0 Å². The summed E-state index contributed by atoms with van der Waals surface area (Å²) in [5.74, 6) is -2.67. The number of hydrogen-bond donors (Lipinski definition) is 1. The zero-order valence-corrected chi connectivity index (χ0v) is 8.13. The second-order valence-corrected chi connectivity index (χ2v) is 3.54. The first-order chi connectivity index (χ1) is 6.51. The molecule has 0 atom stereocenters. The molecule has 3 heteroatoms. The van der Waals surface area contributed by atoms with Crippen LogP contribution < -0.4 is 0 Å². The number of aliphatic hydroxyl groups excluding tert-OH is 1. The highest BCUT2D eigenvalue weighted by Crippen LogP contribution is 2.19. The van der Waals surface area contributed by atoms with E-state index in [0.29, 0.717) is 12.0 Å². The Labute approximate surface area is 82.4 Å². The van der Waals surface area contributed by atoms with Crippen molar-refractivity contribution in [3.8, 4) is 0 Å². The lowest BCUT2D eigenvalue weighted by Gasteiger charge is -2.10. The topological polar surface area (TPSA) is 20.2 Å². The third kappa shape index (κ3) is 3.83. The van der Waals surface area contributed by atoms with Gasteiger partial charge in [0.2, 0.25) is 5.92 Å². The van der Waals surface area contributed by atoms with Gasteiger partial charge in [0.15, 0.2) is 0 Å². The summed E-state index contributed by atoms with van der Waals surface area (Å²) in [6, 6.07) is 6.96. The summed E-state index contributed by atoms with van der Waals surface area (Å²) in [4.78, 5) is 0.